The lowest BCUT2D eigenvalue weighted by Gasteiger charge is -2.15. The van der Waals surface area contributed by atoms with E-state index in [-0.39, 0.29) is 5.82 Å². The molecule has 0 aliphatic heterocycles. The van der Waals surface area contributed by atoms with E-state index in [0.717, 1.165) is 4.47 Å². The molecule has 0 amide bonds. The van der Waals surface area contributed by atoms with Crippen LogP contribution in [0.25, 0.3) is 0 Å². The largest absolute Gasteiger partial charge is 0.384 e. The van der Waals surface area contributed by atoms with Gasteiger partial charge < -0.3 is 5.11 Å². The Hall–Kier alpha value is -0.900. The molecule has 1 atom stereocenters. The van der Waals surface area contributed by atoms with E-state index in [1.807, 2.05) is 0 Å². The topological polar surface area (TPSA) is 20.2 Å². The fourth-order valence-electron chi connectivity index (χ4n) is 2.04. The second kappa shape index (κ2) is 5.61. The summed E-state index contributed by atoms with van der Waals surface area (Å²) in [5.74, 6) is -0.235. The minimum absolute atomic E-state index is 0.235. The van der Waals surface area contributed by atoms with Crippen LogP contribution in [0.5, 0.6) is 0 Å². The Morgan fingerprint density at radius 2 is 1.74 bits per heavy atom. The number of hydrogen-bond acceptors (Lipinski definition) is 1. The third-order valence-electron chi connectivity index (χ3n) is 3.03. The molecule has 0 fully saturated rings. The normalized spacial score (nSPS) is 12.5. The van der Waals surface area contributed by atoms with Gasteiger partial charge in [-0.1, -0.05) is 39.7 Å². The molecule has 2 aromatic rings. The van der Waals surface area contributed by atoms with Crippen LogP contribution >= 0.6 is 27.5 Å². The van der Waals surface area contributed by atoms with Crippen molar-refractivity contribution in [2.45, 2.75) is 20.0 Å². The zero-order valence-corrected chi connectivity index (χ0v) is 12.9. The predicted octanol–water partition coefficient (Wildman–Crippen LogP) is 4.94. The maximum Gasteiger partial charge on any atom is 0.129 e. The molecule has 0 bridgehead atoms. The van der Waals surface area contributed by atoms with Gasteiger partial charge in [0.15, 0.2) is 0 Å². The molecular weight excluding hydrogens is 331 g/mol. The van der Waals surface area contributed by atoms with E-state index in [4.69, 9.17) is 11.6 Å². The Morgan fingerprint density at radius 1 is 1.16 bits per heavy atom. The summed E-state index contributed by atoms with van der Waals surface area (Å²) in [6.07, 6.45) is -0.842. The molecule has 1 unspecified atom stereocenters. The number of aliphatic hydroxyl groups excluding tert-OH is 1. The summed E-state index contributed by atoms with van der Waals surface area (Å²) in [6.45, 7) is 3.37. The minimum atomic E-state index is -0.842. The van der Waals surface area contributed by atoms with E-state index >= 15 is 0 Å². The summed E-state index contributed by atoms with van der Waals surface area (Å²) in [5.41, 5.74) is 2.36. The van der Waals surface area contributed by atoms with Gasteiger partial charge in [0.2, 0.25) is 0 Å². The molecule has 1 nitrogen and oxygen atoms in total. The standard InChI is InChI=1S/C15H13BrClFO/c1-8-5-10(6-9(2)14(8)18)15(19)12-7-11(17)3-4-13(12)16/h3-7,15,19H,1-2H3. The molecule has 2 aromatic carbocycles. The molecule has 4 heteroatoms. The first-order chi connectivity index (χ1) is 8.90. The Morgan fingerprint density at radius 3 is 2.32 bits per heavy atom. The molecule has 0 spiro atoms. The van der Waals surface area contributed by atoms with Gasteiger partial charge in [0.05, 0.1) is 0 Å². The van der Waals surface area contributed by atoms with E-state index in [2.05, 4.69) is 15.9 Å². The molecule has 2 rings (SSSR count). The molecule has 0 saturated carbocycles. The molecule has 0 aromatic heterocycles. The Labute approximate surface area is 125 Å². The highest BCUT2D eigenvalue weighted by Gasteiger charge is 2.16. The van der Waals surface area contributed by atoms with E-state index in [1.165, 1.54) is 0 Å². The zero-order chi connectivity index (χ0) is 14.2. The maximum atomic E-state index is 13.6. The summed E-state index contributed by atoms with van der Waals surface area (Å²) in [6, 6.07) is 8.53. The summed E-state index contributed by atoms with van der Waals surface area (Å²) >= 11 is 9.33. The lowest BCUT2D eigenvalue weighted by Crippen LogP contribution is -2.03. The lowest BCUT2D eigenvalue weighted by molar-refractivity contribution is 0.219. The van der Waals surface area contributed by atoms with Crippen molar-refractivity contribution < 1.29 is 9.50 Å². The Kier molecular flexibility index (Phi) is 4.29. The van der Waals surface area contributed by atoms with Gasteiger partial charge in [0, 0.05) is 15.1 Å². The van der Waals surface area contributed by atoms with Crippen LogP contribution in [0.1, 0.15) is 28.4 Å². The van der Waals surface area contributed by atoms with Gasteiger partial charge in [-0.3, -0.25) is 0 Å². The first-order valence-electron chi connectivity index (χ1n) is 5.80. The summed E-state index contributed by atoms with van der Waals surface area (Å²) < 4.78 is 14.4. The van der Waals surface area contributed by atoms with Crippen LogP contribution < -0.4 is 0 Å². The van der Waals surface area contributed by atoms with Crippen LogP contribution in [0.2, 0.25) is 5.02 Å². The minimum Gasteiger partial charge on any atom is -0.384 e. The highest BCUT2D eigenvalue weighted by atomic mass is 79.9. The first kappa shape index (κ1) is 14.5. The molecule has 1 N–H and O–H groups in total. The number of aryl methyl sites for hydroxylation is 2. The number of aliphatic hydroxyl groups is 1. The van der Waals surface area contributed by atoms with Crippen LogP contribution in [0.4, 0.5) is 4.39 Å². The summed E-state index contributed by atoms with van der Waals surface area (Å²) in [4.78, 5) is 0. The number of hydrogen-bond donors (Lipinski definition) is 1. The zero-order valence-electron chi connectivity index (χ0n) is 10.5. The van der Waals surface area contributed by atoms with Gasteiger partial charge in [0.25, 0.3) is 0 Å². The van der Waals surface area contributed by atoms with Crippen LogP contribution in [0.15, 0.2) is 34.8 Å². The van der Waals surface area contributed by atoms with Crippen molar-refractivity contribution >= 4 is 27.5 Å². The third-order valence-corrected chi connectivity index (χ3v) is 3.98. The van der Waals surface area contributed by atoms with Crippen molar-refractivity contribution in [3.63, 3.8) is 0 Å². The van der Waals surface area contributed by atoms with Crippen molar-refractivity contribution in [1.29, 1.82) is 0 Å². The Balaban J connectivity index is 2.49. The summed E-state index contributed by atoms with van der Waals surface area (Å²) in [7, 11) is 0. The second-order valence-corrected chi connectivity index (χ2v) is 5.83. The second-order valence-electron chi connectivity index (χ2n) is 4.54. The van der Waals surface area contributed by atoms with Crippen LogP contribution in [-0.4, -0.2) is 5.11 Å². The molecule has 0 aliphatic rings. The molecule has 0 saturated heterocycles. The molecule has 0 heterocycles. The average Bonchev–Trinajstić information content (AvgIpc) is 2.37. The van der Waals surface area contributed by atoms with Crippen molar-refractivity contribution in [1.82, 2.24) is 0 Å². The van der Waals surface area contributed by atoms with Gasteiger partial charge in [0.1, 0.15) is 11.9 Å². The van der Waals surface area contributed by atoms with Gasteiger partial charge in [-0.05, 0) is 48.7 Å². The molecule has 100 valence electrons. The summed E-state index contributed by atoms with van der Waals surface area (Å²) in [5, 5.41) is 11.0. The quantitative estimate of drug-likeness (QED) is 0.819. The lowest BCUT2D eigenvalue weighted by atomic mass is 9.97. The van der Waals surface area contributed by atoms with Gasteiger partial charge in [-0.15, -0.1) is 0 Å². The molecule has 0 aliphatic carbocycles. The molecule has 0 radical (unpaired) electrons. The molecule has 19 heavy (non-hydrogen) atoms. The fourth-order valence-corrected chi connectivity index (χ4v) is 2.68. The maximum absolute atomic E-state index is 13.6. The van der Waals surface area contributed by atoms with E-state index in [0.29, 0.717) is 27.3 Å². The van der Waals surface area contributed by atoms with E-state index < -0.39 is 6.10 Å². The number of rotatable bonds is 2. The predicted molar refractivity (Wildman–Crippen MR) is 79.1 cm³/mol. The SMILES string of the molecule is Cc1cc(C(O)c2cc(Cl)ccc2Br)cc(C)c1F. The monoisotopic (exact) mass is 342 g/mol. The Bertz CT molecular complexity index is 605. The van der Waals surface area contributed by atoms with Crippen LogP contribution in [-0.2, 0) is 0 Å². The van der Waals surface area contributed by atoms with E-state index in [9.17, 15) is 9.50 Å². The highest BCUT2D eigenvalue weighted by Crippen LogP contribution is 2.32. The van der Waals surface area contributed by atoms with E-state index in [1.54, 1.807) is 44.2 Å². The van der Waals surface area contributed by atoms with Gasteiger partial charge in [-0.25, -0.2) is 4.39 Å². The smallest absolute Gasteiger partial charge is 0.129 e. The number of halogens is 3. The number of benzene rings is 2. The van der Waals surface area contributed by atoms with Crippen LogP contribution in [0.3, 0.4) is 0 Å². The highest BCUT2D eigenvalue weighted by molar-refractivity contribution is 9.10. The van der Waals surface area contributed by atoms with Crippen molar-refractivity contribution in [2.75, 3.05) is 0 Å². The third kappa shape index (κ3) is 2.99. The first-order valence-corrected chi connectivity index (χ1v) is 6.97. The molecular formula is C15H13BrClFO. The van der Waals surface area contributed by atoms with Crippen LogP contribution in [0, 0.1) is 19.7 Å². The fraction of sp³-hybridized carbons (Fsp3) is 0.200. The van der Waals surface area contributed by atoms with Gasteiger partial charge in [-0.2, -0.15) is 0 Å². The van der Waals surface area contributed by atoms with Gasteiger partial charge >= 0.3 is 0 Å². The van der Waals surface area contributed by atoms with Crippen molar-refractivity contribution in [3.05, 3.63) is 67.9 Å². The average molecular weight is 344 g/mol. The van der Waals surface area contributed by atoms with Crippen molar-refractivity contribution in [2.24, 2.45) is 0 Å². The van der Waals surface area contributed by atoms with Crippen molar-refractivity contribution in [3.8, 4) is 0 Å².